The zero-order chi connectivity index (χ0) is 11.2. The predicted octanol–water partition coefficient (Wildman–Crippen LogP) is 0.357. The summed E-state index contributed by atoms with van der Waals surface area (Å²) in [5.41, 5.74) is 10.4. The van der Waals surface area contributed by atoms with Crippen molar-refractivity contribution in [2.75, 3.05) is 6.54 Å². The Kier molecular flexibility index (Phi) is 5.72. The number of carbonyl (C=O) groups excluding carboxylic acids is 1. The highest BCUT2D eigenvalue weighted by Gasteiger charge is 2.23. The topological polar surface area (TPSA) is 81.1 Å². The second-order valence-electron chi connectivity index (χ2n) is 4.27. The van der Waals surface area contributed by atoms with Gasteiger partial charge in [-0.1, -0.05) is 19.8 Å². The maximum atomic E-state index is 11.5. The van der Waals surface area contributed by atoms with Gasteiger partial charge in [0.2, 0.25) is 5.91 Å². The zero-order valence-corrected chi connectivity index (χ0v) is 9.47. The average Bonchev–Trinajstić information content (AvgIpc) is 2.10. The highest BCUT2D eigenvalue weighted by atomic mass is 16.2. The normalized spacial score (nSPS) is 13.8. The first-order valence-electron chi connectivity index (χ1n) is 5.21. The van der Waals surface area contributed by atoms with Crippen molar-refractivity contribution in [3.05, 3.63) is 0 Å². The van der Waals surface area contributed by atoms with Crippen LogP contribution in [0.3, 0.4) is 0 Å². The lowest BCUT2D eigenvalue weighted by atomic mass is 10.0. The Balaban J connectivity index is 3.99. The molecule has 0 rings (SSSR count). The molecule has 0 fully saturated rings. The van der Waals surface area contributed by atoms with E-state index in [9.17, 15) is 4.79 Å². The van der Waals surface area contributed by atoms with E-state index in [1.807, 2.05) is 0 Å². The third-order valence-electron chi connectivity index (χ3n) is 2.11. The second kappa shape index (κ2) is 5.98. The number of nitrogens with one attached hydrogen (secondary N) is 1. The molecule has 0 radical (unpaired) electrons. The first kappa shape index (κ1) is 13.4. The van der Waals surface area contributed by atoms with Gasteiger partial charge >= 0.3 is 0 Å². The van der Waals surface area contributed by atoms with Crippen LogP contribution in [0.1, 0.15) is 40.0 Å². The quantitative estimate of drug-likeness (QED) is 0.580. The summed E-state index contributed by atoms with van der Waals surface area (Å²) in [7, 11) is 0. The molecule has 84 valence electrons. The summed E-state index contributed by atoms with van der Waals surface area (Å²) in [6.45, 7) is 5.97. The predicted molar refractivity (Wildman–Crippen MR) is 58.8 cm³/mol. The van der Waals surface area contributed by atoms with Crippen LogP contribution in [0.4, 0.5) is 0 Å². The van der Waals surface area contributed by atoms with Crippen molar-refractivity contribution in [3.63, 3.8) is 0 Å². The summed E-state index contributed by atoms with van der Waals surface area (Å²) in [5, 5.41) is 2.85. The highest BCUT2D eigenvalue weighted by molar-refractivity contribution is 5.85. The number of nitrogens with two attached hydrogens (primary N) is 2. The monoisotopic (exact) mass is 201 g/mol. The number of rotatable bonds is 6. The van der Waals surface area contributed by atoms with Gasteiger partial charge in [0.05, 0.1) is 5.54 Å². The van der Waals surface area contributed by atoms with Gasteiger partial charge in [-0.05, 0) is 20.3 Å². The molecule has 0 aromatic rings. The molecular weight excluding hydrogens is 178 g/mol. The molecular formula is C10H23N3O. The van der Waals surface area contributed by atoms with Crippen LogP contribution in [0.15, 0.2) is 0 Å². The maximum Gasteiger partial charge on any atom is 0.239 e. The summed E-state index contributed by atoms with van der Waals surface area (Å²) in [6, 6.07) is 0.0604. The standard InChI is InChI=1S/C10H23N3O/c1-4-5-6-8(7-11)13-9(14)10(2,3)12/h8H,4-7,11-12H2,1-3H3,(H,13,14). The van der Waals surface area contributed by atoms with E-state index < -0.39 is 5.54 Å². The van der Waals surface area contributed by atoms with Crippen LogP contribution in [0, 0.1) is 0 Å². The van der Waals surface area contributed by atoms with Gasteiger partial charge in [0.1, 0.15) is 0 Å². The van der Waals surface area contributed by atoms with Crippen molar-refractivity contribution in [2.45, 2.75) is 51.6 Å². The Labute approximate surface area is 86.4 Å². The lowest BCUT2D eigenvalue weighted by molar-refractivity contribution is -0.125. The number of hydrogen-bond donors (Lipinski definition) is 3. The molecule has 4 nitrogen and oxygen atoms in total. The van der Waals surface area contributed by atoms with E-state index >= 15 is 0 Å². The van der Waals surface area contributed by atoms with Gasteiger partial charge in [-0.2, -0.15) is 0 Å². The van der Waals surface area contributed by atoms with Gasteiger partial charge in [-0.25, -0.2) is 0 Å². The molecule has 0 saturated carbocycles. The third-order valence-corrected chi connectivity index (χ3v) is 2.11. The Morgan fingerprint density at radius 2 is 2.07 bits per heavy atom. The summed E-state index contributed by atoms with van der Waals surface area (Å²) in [6.07, 6.45) is 3.11. The molecule has 0 spiro atoms. The molecule has 0 heterocycles. The molecule has 5 N–H and O–H groups in total. The number of hydrogen-bond acceptors (Lipinski definition) is 3. The van der Waals surface area contributed by atoms with Gasteiger partial charge < -0.3 is 16.8 Å². The molecule has 0 aliphatic heterocycles. The second-order valence-corrected chi connectivity index (χ2v) is 4.27. The Bertz CT molecular complexity index is 175. The minimum atomic E-state index is -0.820. The SMILES string of the molecule is CCCCC(CN)NC(=O)C(C)(C)N. The summed E-state index contributed by atoms with van der Waals surface area (Å²) < 4.78 is 0. The van der Waals surface area contributed by atoms with Crippen molar-refractivity contribution in [1.29, 1.82) is 0 Å². The molecule has 1 unspecified atom stereocenters. The lowest BCUT2D eigenvalue weighted by Gasteiger charge is -2.23. The number of carbonyl (C=O) groups is 1. The molecule has 0 aliphatic carbocycles. The molecule has 4 heteroatoms. The van der Waals surface area contributed by atoms with Crippen molar-refractivity contribution in [1.82, 2.24) is 5.32 Å². The van der Waals surface area contributed by atoms with E-state index in [-0.39, 0.29) is 11.9 Å². The maximum absolute atomic E-state index is 11.5. The van der Waals surface area contributed by atoms with Gasteiger partial charge in [0, 0.05) is 12.6 Å². The Hall–Kier alpha value is -0.610. The van der Waals surface area contributed by atoms with Crippen LogP contribution in [0.2, 0.25) is 0 Å². The van der Waals surface area contributed by atoms with Crippen molar-refractivity contribution in [3.8, 4) is 0 Å². The average molecular weight is 201 g/mol. The van der Waals surface area contributed by atoms with Crippen molar-refractivity contribution < 1.29 is 4.79 Å². The van der Waals surface area contributed by atoms with Gasteiger partial charge in [-0.15, -0.1) is 0 Å². The van der Waals surface area contributed by atoms with Crippen LogP contribution in [0.25, 0.3) is 0 Å². The summed E-state index contributed by atoms with van der Waals surface area (Å²) in [4.78, 5) is 11.5. The molecule has 1 amide bonds. The zero-order valence-electron chi connectivity index (χ0n) is 9.47. The highest BCUT2D eigenvalue weighted by Crippen LogP contribution is 2.02. The number of unbranched alkanes of at least 4 members (excludes halogenated alkanes) is 1. The van der Waals surface area contributed by atoms with E-state index in [4.69, 9.17) is 11.5 Å². The first-order chi connectivity index (χ1) is 6.41. The van der Waals surface area contributed by atoms with Gasteiger partial charge in [-0.3, -0.25) is 4.79 Å². The summed E-state index contributed by atoms with van der Waals surface area (Å²) in [5.74, 6) is -0.135. The van der Waals surface area contributed by atoms with E-state index in [0.29, 0.717) is 6.54 Å². The third kappa shape index (κ3) is 5.19. The minimum absolute atomic E-state index is 0.0604. The molecule has 0 aliphatic rings. The van der Waals surface area contributed by atoms with E-state index in [1.54, 1.807) is 13.8 Å². The smallest absolute Gasteiger partial charge is 0.239 e. The van der Waals surface area contributed by atoms with Gasteiger partial charge in [0.15, 0.2) is 0 Å². The van der Waals surface area contributed by atoms with E-state index in [0.717, 1.165) is 19.3 Å². The van der Waals surface area contributed by atoms with E-state index in [2.05, 4.69) is 12.2 Å². The van der Waals surface area contributed by atoms with Crippen LogP contribution in [-0.2, 0) is 4.79 Å². The van der Waals surface area contributed by atoms with E-state index in [1.165, 1.54) is 0 Å². The van der Waals surface area contributed by atoms with Gasteiger partial charge in [0.25, 0.3) is 0 Å². The first-order valence-corrected chi connectivity index (χ1v) is 5.21. The van der Waals surface area contributed by atoms with Crippen molar-refractivity contribution >= 4 is 5.91 Å². The Morgan fingerprint density at radius 1 is 1.50 bits per heavy atom. The molecule has 14 heavy (non-hydrogen) atoms. The molecule has 0 saturated heterocycles. The minimum Gasteiger partial charge on any atom is -0.351 e. The molecule has 1 atom stereocenters. The fourth-order valence-electron chi connectivity index (χ4n) is 1.07. The Morgan fingerprint density at radius 3 is 2.43 bits per heavy atom. The van der Waals surface area contributed by atoms with Crippen LogP contribution >= 0.6 is 0 Å². The van der Waals surface area contributed by atoms with Crippen LogP contribution in [0.5, 0.6) is 0 Å². The molecule has 0 aromatic carbocycles. The van der Waals surface area contributed by atoms with Crippen LogP contribution < -0.4 is 16.8 Å². The largest absolute Gasteiger partial charge is 0.351 e. The lowest BCUT2D eigenvalue weighted by Crippen LogP contribution is -2.53. The van der Waals surface area contributed by atoms with Crippen LogP contribution in [-0.4, -0.2) is 24.0 Å². The molecule has 0 aromatic heterocycles. The van der Waals surface area contributed by atoms with Crippen molar-refractivity contribution in [2.24, 2.45) is 11.5 Å². The fraction of sp³-hybridized carbons (Fsp3) is 0.900. The molecule has 0 bridgehead atoms. The fourth-order valence-corrected chi connectivity index (χ4v) is 1.07. The summed E-state index contributed by atoms with van der Waals surface area (Å²) >= 11 is 0. The number of amides is 1.